The first kappa shape index (κ1) is 8.09. The smallest absolute Gasteiger partial charge is 0.233 e. The summed E-state index contributed by atoms with van der Waals surface area (Å²) in [6.07, 6.45) is 0.907. The average Bonchev–Trinajstić information content (AvgIpc) is 1.86. The van der Waals surface area contributed by atoms with Gasteiger partial charge in [0, 0.05) is 12.1 Å². The van der Waals surface area contributed by atoms with E-state index in [4.69, 9.17) is 4.55 Å². The van der Waals surface area contributed by atoms with Gasteiger partial charge in [-0.2, -0.15) is 0 Å². The highest BCUT2D eigenvalue weighted by Gasteiger charge is 2.22. The zero-order valence-electron chi connectivity index (χ0n) is 5.31. The third-order valence-electron chi connectivity index (χ3n) is 1.03. The molecule has 1 N–H and O–H groups in total. The molecule has 60 valence electrons. The van der Waals surface area contributed by atoms with E-state index in [1.54, 1.807) is 0 Å². The van der Waals surface area contributed by atoms with Crippen LogP contribution in [0, 0.1) is 5.95 Å². The number of pyridine rings is 1. The van der Waals surface area contributed by atoms with E-state index in [2.05, 4.69) is 0 Å². The van der Waals surface area contributed by atoms with Gasteiger partial charge in [0.1, 0.15) is 0 Å². The first-order chi connectivity index (χ1) is 5.02. The van der Waals surface area contributed by atoms with Crippen molar-refractivity contribution in [3.05, 3.63) is 30.3 Å². The third-order valence-corrected chi connectivity index (χ3v) is 1.82. The Balaban J connectivity index is 3.37. The van der Waals surface area contributed by atoms with Crippen molar-refractivity contribution >= 4 is 10.3 Å². The minimum atomic E-state index is -4.49. The Morgan fingerprint density at radius 1 is 1.45 bits per heavy atom. The third kappa shape index (κ3) is 1.72. The molecule has 1 heterocycles. The quantitative estimate of drug-likeness (QED) is 0.367. The molecule has 0 aliphatic heterocycles. The number of halogens is 1. The van der Waals surface area contributed by atoms with Crippen LogP contribution in [0.1, 0.15) is 0 Å². The summed E-state index contributed by atoms with van der Waals surface area (Å²) in [6, 6.07) is 3.53. The van der Waals surface area contributed by atoms with Gasteiger partial charge in [-0.1, -0.05) is 0 Å². The van der Waals surface area contributed by atoms with E-state index in [0.29, 0.717) is 0 Å². The molecule has 0 aromatic carbocycles. The van der Waals surface area contributed by atoms with Crippen LogP contribution in [0.25, 0.3) is 0 Å². The summed E-state index contributed by atoms with van der Waals surface area (Å²) >= 11 is 0. The maximum absolute atomic E-state index is 12.5. The molecule has 0 aliphatic rings. The molecule has 0 amide bonds. The monoisotopic (exact) mass is 178 g/mol. The van der Waals surface area contributed by atoms with Crippen molar-refractivity contribution < 1.29 is 21.3 Å². The molecule has 0 unspecified atom stereocenters. The second kappa shape index (κ2) is 2.55. The van der Waals surface area contributed by atoms with E-state index >= 15 is 0 Å². The predicted octanol–water partition coefficient (Wildman–Crippen LogP) is -0.236. The van der Waals surface area contributed by atoms with Crippen molar-refractivity contribution in [2.45, 2.75) is 0 Å². The number of hydrogen-bond donors (Lipinski definition) is 1. The largest absolute Gasteiger partial charge is 0.513 e. The van der Waals surface area contributed by atoms with E-state index in [1.165, 1.54) is 12.1 Å². The molecule has 1 aromatic rings. The van der Waals surface area contributed by atoms with Gasteiger partial charge in [-0.05, 0) is 10.0 Å². The van der Waals surface area contributed by atoms with Crippen LogP contribution >= 0.6 is 0 Å². The van der Waals surface area contributed by atoms with Crippen LogP contribution in [-0.4, -0.2) is 13.0 Å². The van der Waals surface area contributed by atoms with Crippen molar-refractivity contribution in [2.24, 2.45) is 0 Å². The molecule has 6 heteroatoms. The molecule has 0 bridgehead atoms. The molecule has 0 atom stereocenters. The number of aromatic nitrogens is 1. The standard InChI is InChI=1S/C5H4FNO3S/c6-5-3-1-2-4-7(5)11(8,9)10/h1-4H/p+1. The molecule has 0 saturated carbocycles. The maximum atomic E-state index is 12.5. The second-order valence-electron chi connectivity index (χ2n) is 1.80. The molecule has 11 heavy (non-hydrogen) atoms. The molecular formula is C5H5FNO3S+. The van der Waals surface area contributed by atoms with Gasteiger partial charge in [0.15, 0.2) is 6.20 Å². The van der Waals surface area contributed by atoms with Crippen LogP contribution in [0.5, 0.6) is 0 Å². The van der Waals surface area contributed by atoms with Crippen molar-refractivity contribution in [3.63, 3.8) is 0 Å². The van der Waals surface area contributed by atoms with E-state index in [-0.39, 0.29) is 3.97 Å². The molecule has 4 nitrogen and oxygen atoms in total. The lowest BCUT2D eigenvalue weighted by atomic mass is 10.5. The Kier molecular flexibility index (Phi) is 1.88. The SMILES string of the molecule is O=S(=O)(O)[n+]1ccccc1F. The topological polar surface area (TPSA) is 58.3 Å². The fraction of sp³-hybridized carbons (Fsp3) is 0. The molecule has 0 spiro atoms. The van der Waals surface area contributed by atoms with Crippen LogP contribution in [0.15, 0.2) is 24.4 Å². The molecule has 0 radical (unpaired) electrons. The molecular weight excluding hydrogens is 173 g/mol. The summed E-state index contributed by atoms with van der Waals surface area (Å²) in [5.41, 5.74) is 0. The highest BCUT2D eigenvalue weighted by Crippen LogP contribution is 1.88. The van der Waals surface area contributed by atoms with Gasteiger partial charge in [-0.25, -0.2) is 4.55 Å². The van der Waals surface area contributed by atoms with Gasteiger partial charge in [-0.3, -0.25) is 0 Å². The first-order valence-electron chi connectivity index (χ1n) is 2.66. The first-order valence-corrected chi connectivity index (χ1v) is 4.05. The van der Waals surface area contributed by atoms with Gasteiger partial charge in [0.25, 0.3) is 0 Å². The van der Waals surface area contributed by atoms with Gasteiger partial charge in [-0.15, -0.1) is 12.8 Å². The van der Waals surface area contributed by atoms with Crippen molar-refractivity contribution in [1.82, 2.24) is 0 Å². The van der Waals surface area contributed by atoms with E-state index in [0.717, 1.165) is 12.3 Å². The highest BCUT2D eigenvalue weighted by atomic mass is 32.2. The van der Waals surface area contributed by atoms with Crippen molar-refractivity contribution in [1.29, 1.82) is 0 Å². The molecule has 0 saturated heterocycles. The molecule has 0 aliphatic carbocycles. The van der Waals surface area contributed by atoms with E-state index in [1.807, 2.05) is 0 Å². The summed E-state index contributed by atoms with van der Waals surface area (Å²) < 4.78 is 41.7. The lowest BCUT2D eigenvalue weighted by molar-refractivity contribution is -0.554. The van der Waals surface area contributed by atoms with Gasteiger partial charge in [0.2, 0.25) is 0 Å². The number of rotatable bonds is 1. The fourth-order valence-electron chi connectivity index (χ4n) is 0.595. The summed E-state index contributed by atoms with van der Waals surface area (Å²) in [5, 5.41) is 0. The van der Waals surface area contributed by atoms with Crippen LogP contribution in [0.2, 0.25) is 0 Å². The normalized spacial score (nSPS) is 11.5. The number of nitrogens with zero attached hydrogens (tertiary/aromatic N) is 1. The maximum Gasteiger partial charge on any atom is 0.513 e. The van der Waals surface area contributed by atoms with E-state index in [9.17, 15) is 12.8 Å². The molecule has 0 fully saturated rings. The zero-order chi connectivity index (χ0) is 8.48. The van der Waals surface area contributed by atoms with Crippen LogP contribution < -0.4 is 3.97 Å². The Hall–Kier alpha value is -1.01. The van der Waals surface area contributed by atoms with Gasteiger partial charge >= 0.3 is 16.3 Å². The summed E-state index contributed by atoms with van der Waals surface area (Å²) in [4.78, 5) is 0. The lowest BCUT2D eigenvalue weighted by Crippen LogP contribution is -2.45. The number of hydrogen-bond acceptors (Lipinski definition) is 2. The van der Waals surface area contributed by atoms with Crippen molar-refractivity contribution in [2.75, 3.05) is 0 Å². The lowest BCUT2D eigenvalue weighted by Gasteiger charge is -1.88. The van der Waals surface area contributed by atoms with Gasteiger partial charge < -0.3 is 0 Å². The Bertz CT molecular complexity index is 362. The molecule has 1 rings (SSSR count). The van der Waals surface area contributed by atoms with Crippen molar-refractivity contribution in [3.8, 4) is 0 Å². The Morgan fingerprint density at radius 2 is 2.09 bits per heavy atom. The zero-order valence-corrected chi connectivity index (χ0v) is 6.12. The van der Waals surface area contributed by atoms with Crippen LogP contribution in [-0.2, 0) is 10.3 Å². The summed E-state index contributed by atoms with van der Waals surface area (Å²) in [6.45, 7) is 0. The summed E-state index contributed by atoms with van der Waals surface area (Å²) in [7, 11) is -4.49. The Labute approximate surface area is 62.8 Å². The van der Waals surface area contributed by atoms with Crippen LogP contribution in [0.4, 0.5) is 4.39 Å². The molecule has 1 aromatic heterocycles. The average molecular weight is 178 g/mol. The predicted molar refractivity (Wildman–Crippen MR) is 33.5 cm³/mol. The van der Waals surface area contributed by atoms with Crippen LogP contribution in [0.3, 0.4) is 0 Å². The summed E-state index contributed by atoms with van der Waals surface area (Å²) in [5.74, 6) is -1.03. The van der Waals surface area contributed by atoms with E-state index < -0.39 is 16.3 Å². The second-order valence-corrected chi connectivity index (χ2v) is 3.09. The minimum Gasteiger partial charge on any atom is -0.233 e. The Morgan fingerprint density at radius 3 is 2.45 bits per heavy atom. The van der Waals surface area contributed by atoms with Gasteiger partial charge in [0.05, 0.1) is 0 Å². The highest BCUT2D eigenvalue weighted by molar-refractivity contribution is 7.79. The minimum absolute atomic E-state index is 0.132. The fourth-order valence-corrected chi connectivity index (χ4v) is 1.10.